The predicted molar refractivity (Wildman–Crippen MR) is 91.4 cm³/mol. The molecule has 0 unspecified atom stereocenters. The minimum atomic E-state index is 0.595. The number of aromatic nitrogens is 2. The number of ether oxygens (including phenoxy) is 2. The number of aryl methyl sites for hydroxylation is 1. The molecule has 23 heavy (non-hydrogen) atoms. The van der Waals surface area contributed by atoms with Gasteiger partial charge in [0.25, 0.3) is 0 Å². The summed E-state index contributed by atoms with van der Waals surface area (Å²) >= 11 is 6.19. The van der Waals surface area contributed by atoms with E-state index in [1.807, 2.05) is 24.4 Å². The van der Waals surface area contributed by atoms with Crippen LogP contribution in [0, 0.1) is 0 Å². The Bertz CT molecular complexity index is 794. The van der Waals surface area contributed by atoms with Gasteiger partial charge in [0, 0.05) is 30.0 Å². The van der Waals surface area contributed by atoms with Gasteiger partial charge in [-0.15, -0.1) is 0 Å². The molecule has 0 fully saturated rings. The molecule has 0 spiro atoms. The molecule has 3 rings (SSSR count). The van der Waals surface area contributed by atoms with Crippen molar-refractivity contribution < 1.29 is 9.47 Å². The van der Waals surface area contributed by atoms with Crippen LogP contribution >= 0.6 is 11.6 Å². The molecule has 0 amide bonds. The van der Waals surface area contributed by atoms with E-state index in [1.165, 1.54) is 5.56 Å². The Kier molecular flexibility index (Phi) is 4.93. The molecule has 4 nitrogen and oxygen atoms in total. The van der Waals surface area contributed by atoms with Crippen LogP contribution in [0.3, 0.4) is 0 Å². The van der Waals surface area contributed by atoms with Crippen molar-refractivity contribution in [3.8, 4) is 11.5 Å². The van der Waals surface area contributed by atoms with Gasteiger partial charge < -0.3 is 9.47 Å². The number of fused-ring (bicyclic) bond motifs is 1. The zero-order valence-corrected chi connectivity index (χ0v) is 13.6. The smallest absolute Gasteiger partial charge is 0.163 e. The van der Waals surface area contributed by atoms with Gasteiger partial charge in [-0.3, -0.25) is 9.97 Å². The van der Waals surface area contributed by atoms with Crippen LogP contribution in [0.15, 0.2) is 48.9 Å². The number of methoxy groups -OCH3 is 1. The van der Waals surface area contributed by atoms with E-state index in [1.54, 1.807) is 25.6 Å². The molecular formula is C18H17ClN2O2. The minimum Gasteiger partial charge on any atom is -0.493 e. The molecule has 0 aliphatic carbocycles. The molecule has 2 heterocycles. The van der Waals surface area contributed by atoms with Crippen LogP contribution in [0.4, 0.5) is 0 Å². The summed E-state index contributed by atoms with van der Waals surface area (Å²) in [5.41, 5.74) is 2.00. The number of pyridine rings is 2. The van der Waals surface area contributed by atoms with Gasteiger partial charge in [0.1, 0.15) is 0 Å². The van der Waals surface area contributed by atoms with Crippen LogP contribution in [-0.4, -0.2) is 23.7 Å². The van der Waals surface area contributed by atoms with Gasteiger partial charge >= 0.3 is 0 Å². The number of hydrogen-bond acceptors (Lipinski definition) is 4. The molecular weight excluding hydrogens is 312 g/mol. The van der Waals surface area contributed by atoms with Crippen molar-refractivity contribution in [1.82, 2.24) is 9.97 Å². The molecule has 0 bridgehead atoms. The Balaban J connectivity index is 1.69. The summed E-state index contributed by atoms with van der Waals surface area (Å²) in [6.45, 7) is 0.595. The van der Waals surface area contributed by atoms with Gasteiger partial charge in [-0.25, -0.2) is 0 Å². The Morgan fingerprint density at radius 3 is 2.83 bits per heavy atom. The fraction of sp³-hybridized carbons (Fsp3) is 0.222. The fourth-order valence-corrected chi connectivity index (χ4v) is 2.60. The lowest BCUT2D eigenvalue weighted by Gasteiger charge is -2.12. The quantitative estimate of drug-likeness (QED) is 0.633. The minimum absolute atomic E-state index is 0.595. The Hall–Kier alpha value is -2.33. The molecule has 0 aliphatic rings. The molecule has 5 heteroatoms. The number of rotatable bonds is 6. The normalized spacial score (nSPS) is 10.7. The molecule has 0 saturated carbocycles. The highest BCUT2D eigenvalue weighted by atomic mass is 35.5. The highest BCUT2D eigenvalue weighted by Gasteiger charge is 2.09. The third-order valence-electron chi connectivity index (χ3n) is 3.56. The molecule has 2 aromatic heterocycles. The Morgan fingerprint density at radius 1 is 1.13 bits per heavy atom. The van der Waals surface area contributed by atoms with Crippen molar-refractivity contribution in [3.05, 3.63) is 59.5 Å². The van der Waals surface area contributed by atoms with Crippen molar-refractivity contribution in [2.75, 3.05) is 13.7 Å². The summed E-state index contributed by atoms with van der Waals surface area (Å²) in [4.78, 5) is 8.44. The van der Waals surface area contributed by atoms with E-state index < -0.39 is 0 Å². The van der Waals surface area contributed by atoms with Gasteiger partial charge in [-0.05, 0) is 36.6 Å². The average molecular weight is 329 g/mol. The van der Waals surface area contributed by atoms with Crippen molar-refractivity contribution in [1.29, 1.82) is 0 Å². The zero-order chi connectivity index (χ0) is 16.1. The van der Waals surface area contributed by atoms with Gasteiger partial charge in [0.05, 0.1) is 24.3 Å². The Labute approximate surface area is 140 Å². The molecule has 118 valence electrons. The van der Waals surface area contributed by atoms with Crippen LogP contribution in [0.25, 0.3) is 10.9 Å². The lowest BCUT2D eigenvalue weighted by Crippen LogP contribution is -2.01. The first-order valence-corrected chi connectivity index (χ1v) is 7.79. The van der Waals surface area contributed by atoms with E-state index in [4.69, 9.17) is 21.1 Å². The first-order valence-electron chi connectivity index (χ1n) is 7.42. The highest BCUT2D eigenvalue weighted by molar-refractivity contribution is 6.35. The largest absolute Gasteiger partial charge is 0.493 e. The van der Waals surface area contributed by atoms with Gasteiger partial charge in [-0.1, -0.05) is 17.7 Å². The highest BCUT2D eigenvalue weighted by Crippen LogP contribution is 2.34. The second kappa shape index (κ2) is 7.29. The van der Waals surface area contributed by atoms with E-state index in [-0.39, 0.29) is 0 Å². The van der Waals surface area contributed by atoms with E-state index in [0.29, 0.717) is 23.1 Å². The first-order chi connectivity index (χ1) is 11.3. The SMILES string of the molecule is COc1cc2c(Cl)ccnc2cc1OCCCc1cccnc1. The van der Waals surface area contributed by atoms with Crippen LogP contribution in [0.5, 0.6) is 11.5 Å². The average Bonchev–Trinajstić information content (AvgIpc) is 2.59. The number of halogens is 1. The molecule has 0 saturated heterocycles. The molecule has 0 aliphatic heterocycles. The van der Waals surface area contributed by atoms with Crippen molar-refractivity contribution >= 4 is 22.5 Å². The van der Waals surface area contributed by atoms with Crippen LogP contribution < -0.4 is 9.47 Å². The monoisotopic (exact) mass is 328 g/mol. The second-order valence-electron chi connectivity index (χ2n) is 5.13. The maximum Gasteiger partial charge on any atom is 0.163 e. The van der Waals surface area contributed by atoms with Gasteiger partial charge in [0.15, 0.2) is 11.5 Å². The number of hydrogen-bond donors (Lipinski definition) is 0. The zero-order valence-electron chi connectivity index (χ0n) is 12.8. The predicted octanol–water partition coefficient (Wildman–Crippen LogP) is 4.30. The summed E-state index contributed by atoms with van der Waals surface area (Å²) in [6, 6.07) is 9.50. The van der Waals surface area contributed by atoms with Crippen LogP contribution in [0.2, 0.25) is 5.02 Å². The maximum absolute atomic E-state index is 6.19. The first kappa shape index (κ1) is 15.6. The van der Waals surface area contributed by atoms with Crippen LogP contribution in [-0.2, 0) is 6.42 Å². The lowest BCUT2D eigenvalue weighted by molar-refractivity contribution is 0.290. The third-order valence-corrected chi connectivity index (χ3v) is 3.89. The molecule has 0 N–H and O–H groups in total. The summed E-state index contributed by atoms with van der Waals surface area (Å²) in [7, 11) is 1.62. The van der Waals surface area contributed by atoms with E-state index in [0.717, 1.165) is 23.7 Å². The lowest BCUT2D eigenvalue weighted by atomic mass is 10.1. The third kappa shape index (κ3) is 3.71. The molecule has 0 atom stereocenters. The van der Waals surface area contributed by atoms with Crippen molar-refractivity contribution in [3.63, 3.8) is 0 Å². The van der Waals surface area contributed by atoms with Crippen LogP contribution in [0.1, 0.15) is 12.0 Å². The standard InChI is InChI=1S/C18H17ClN2O2/c1-22-17-10-14-15(19)6-8-21-16(14)11-18(17)23-9-3-5-13-4-2-7-20-12-13/h2,4,6-8,10-12H,3,5,9H2,1H3. The Morgan fingerprint density at radius 2 is 2.04 bits per heavy atom. The maximum atomic E-state index is 6.19. The summed E-state index contributed by atoms with van der Waals surface area (Å²) < 4.78 is 11.3. The second-order valence-corrected chi connectivity index (χ2v) is 5.53. The van der Waals surface area contributed by atoms with Gasteiger partial charge in [0.2, 0.25) is 0 Å². The van der Waals surface area contributed by atoms with E-state index in [2.05, 4.69) is 16.0 Å². The summed E-state index contributed by atoms with van der Waals surface area (Å²) in [5.74, 6) is 1.34. The summed E-state index contributed by atoms with van der Waals surface area (Å²) in [6.07, 6.45) is 7.16. The molecule has 3 aromatic rings. The number of nitrogens with zero attached hydrogens (tertiary/aromatic N) is 2. The molecule has 1 aromatic carbocycles. The topological polar surface area (TPSA) is 44.2 Å². The van der Waals surface area contributed by atoms with E-state index >= 15 is 0 Å². The summed E-state index contributed by atoms with van der Waals surface area (Å²) in [5, 5.41) is 1.50. The molecule has 0 radical (unpaired) electrons. The van der Waals surface area contributed by atoms with Gasteiger partial charge in [-0.2, -0.15) is 0 Å². The van der Waals surface area contributed by atoms with Crippen molar-refractivity contribution in [2.24, 2.45) is 0 Å². The van der Waals surface area contributed by atoms with Crippen molar-refractivity contribution in [2.45, 2.75) is 12.8 Å². The number of benzene rings is 1. The fourth-order valence-electron chi connectivity index (χ4n) is 2.40. The van der Waals surface area contributed by atoms with E-state index in [9.17, 15) is 0 Å².